The third kappa shape index (κ3) is 3.97. The molecular formula is C16H16N4O4S. The van der Waals surface area contributed by atoms with Crippen LogP contribution in [-0.2, 0) is 10.2 Å². The Hall–Kier alpha value is -2.88. The Morgan fingerprint density at radius 1 is 1.04 bits per heavy atom. The molecule has 0 aliphatic carbocycles. The quantitative estimate of drug-likeness (QED) is 0.458. The molecule has 9 heteroatoms. The van der Waals surface area contributed by atoms with Crippen molar-refractivity contribution in [1.29, 1.82) is 0 Å². The van der Waals surface area contributed by atoms with Gasteiger partial charge in [0.05, 0.1) is 18.3 Å². The SMILES string of the molecule is COc1ccc2c(Oc3ccc(NS(=O)(=O)NN)cc3)ccnc2c1. The van der Waals surface area contributed by atoms with Gasteiger partial charge in [0.2, 0.25) is 0 Å². The molecule has 0 spiro atoms. The van der Waals surface area contributed by atoms with Crippen molar-refractivity contribution in [2.75, 3.05) is 11.8 Å². The lowest BCUT2D eigenvalue weighted by Crippen LogP contribution is -2.35. The monoisotopic (exact) mass is 360 g/mol. The fourth-order valence-corrected chi connectivity index (χ4v) is 2.73. The topological polar surface area (TPSA) is 116 Å². The lowest BCUT2D eigenvalue weighted by Gasteiger charge is -2.10. The highest BCUT2D eigenvalue weighted by molar-refractivity contribution is 7.90. The van der Waals surface area contributed by atoms with E-state index in [-0.39, 0.29) is 0 Å². The van der Waals surface area contributed by atoms with Gasteiger partial charge in [0.25, 0.3) is 0 Å². The predicted octanol–water partition coefficient (Wildman–Crippen LogP) is 2.16. The molecule has 0 fully saturated rings. The zero-order valence-corrected chi connectivity index (χ0v) is 14.1. The molecule has 4 N–H and O–H groups in total. The van der Waals surface area contributed by atoms with E-state index in [9.17, 15) is 8.42 Å². The van der Waals surface area contributed by atoms with Crippen molar-refractivity contribution in [3.8, 4) is 17.2 Å². The van der Waals surface area contributed by atoms with Crippen LogP contribution in [0.25, 0.3) is 10.9 Å². The van der Waals surface area contributed by atoms with E-state index in [0.29, 0.717) is 22.9 Å². The molecule has 25 heavy (non-hydrogen) atoms. The summed E-state index contributed by atoms with van der Waals surface area (Å²) in [6, 6.07) is 13.7. The number of ether oxygens (including phenoxy) is 2. The molecule has 2 aromatic carbocycles. The first kappa shape index (κ1) is 17.0. The van der Waals surface area contributed by atoms with Crippen LogP contribution in [0.5, 0.6) is 17.2 Å². The normalized spacial score (nSPS) is 11.3. The Labute approximate surface area is 144 Å². The van der Waals surface area contributed by atoms with Crippen LogP contribution in [-0.4, -0.2) is 20.5 Å². The number of nitrogens with two attached hydrogens (primary N) is 1. The minimum Gasteiger partial charge on any atom is -0.497 e. The van der Waals surface area contributed by atoms with E-state index in [0.717, 1.165) is 10.9 Å². The number of pyridine rings is 1. The average Bonchev–Trinajstić information content (AvgIpc) is 2.63. The zero-order chi connectivity index (χ0) is 17.9. The molecule has 0 bridgehead atoms. The van der Waals surface area contributed by atoms with E-state index >= 15 is 0 Å². The summed E-state index contributed by atoms with van der Waals surface area (Å²) in [7, 11) is -2.17. The van der Waals surface area contributed by atoms with Crippen molar-refractivity contribution >= 4 is 26.8 Å². The molecule has 0 atom stereocenters. The highest BCUT2D eigenvalue weighted by atomic mass is 32.2. The minimum atomic E-state index is -3.76. The Balaban J connectivity index is 1.84. The first-order chi connectivity index (χ1) is 12.0. The van der Waals surface area contributed by atoms with E-state index in [1.807, 2.05) is 18.2 Å². The number of nitrogens with zero attached hydrogens (tertiary/aromatic N) is 1. The summed E-state index contributed by atoms with van der Waals surface area (Å²) >= 11 is 0. The van der Waals surface area contributed by atoms with Crippen LogP contribution in [0.1, 0.15) is 0 Å². The summed E-state index contributed by atoms with van der Waals surface area (Å²) in [4.78, 5) is 5.99. The molecule has 0 radical (unpaired) electrons. The van der Waals surface area contributed by atoms with Gasteiger partial charge in [0.15, 0.2) is 0 Å². The Morgan fingerprint density at radius 3 is 2.44 bits per heavy atom. The van der Waals surface area contributed by atoms with Gasteiger partial charge in [0, 0.05) is 17.6 Å². The predicted molar refractivity (Wildman–Crippen MR) is 94.7 cm³/mol. The fourth-order valence-electron chi connectivity index (χ4n) is 2.22. The molecule has 1 aromatic heterocycles. The van der Waals surface area contributed by atoms with E-state index in [4.69, 9.17) is 15.3 Å². The van der Waals surface area contributed by atoms with Gasteiger partial charge in [-0.05, 0) is 42.5 Å². The van der Waals surface area contributed by atoms with Crippen molar-refractivity contribution in [3.63, 3.8) is 0 Å². The number of nitrogens with one attached hydrogen (secondary N) is 2. The van der Waals surface area contributed by atoms with Crippen LogP contribution in [0.2, 0.25) is 0 Å². The van der Waals surface area contributed by atoms with Crippen molar-refractivity contribution in [2.45, 2.75) is 0 Å². The van der Waals surface area contributed by atoms with Crippen LogP contribution in [0.15, 0.2) is 54.7 Å². The Bertz CT molecular complexity index is 991. The Morgan fingerprint density at radius 2 is 1.76 bits per heavy atom. The maximum Gasteiger partial charge on any atom is 0.311 e. The van der Waals surface area contributed by atoms with Crippen molar-refractivity contribution in [3.05, 3.63) is 54.7 Å². The van der Waals surface area contributed by atoms with Crippen molar-refractivity contribution in [2.24, 2.45) is 5.84 Å². The third-order valence-corrected chi connectivity index (χ3v) is 4.21. The van der Waals surface area contributed by atoms with Crippen molar-refractivity contribution in [1.82, 2.24) is 9.82 Å². The zero-order valence-electron chi connectivity index (χ0n) is 13.3. The van der Waals surface area contributed by atoms with Gasteiger partial charge in [-0.1, -0.05) is 0 Å². The molecule has 1 heterocycles. The van der Waals surface area contributed by atoms with Crippen LogP contribution >= 0.6 is 0 Å². The van der Waals surface area contributed by atoms with Crippen LogP contribution in [0.4, 0.5) is 5.69 Å². The van der Waals surface area contributed by atoms with Gasteiger partial charge in [-0.25, -0.2) is 0 Å². The highest BCUT2D eigenvalue weighted by Crippen LogP contribution is 2.31. The average molecular weight is 360 g/mol. The number of benzene rings is 2. The lowest BCUT2D eigenvalue weighted by molar-refractivity contribution is 0.415. The van der Waals surface area contributed by atoms with E-state index in [1.165, 1.54) is 0 Å². The molecule has 0 aliphatic heterocycles. The number of hydrogen-bond acceptors (Lipinski definition) is 6. The summed E-state index contributed by atoms with van der Waals surface area (Å²) in [5, 5.41) is 0.834. The second-order valence-electron chi connectivity index (χ2n) is 5.04. The molecule has 0 aliphatic rings. The van der Waals surface area contributed by atoms with E-state index < -0.39 is 10.2 Å². The molecule has 8 nitrogen and oxygen atoms in total. The maximum absolute atomic E-state index is 11.3. The van der Waals surface area contributed by atoms with Crippen LogP contribution in [0, 0.1) is 0 Å². The molecule has 3 aromatic rings. The Kier molecular flexibility index (Phi) is 4.70. The lowest BCUT2D eigenvalue weighted by atomic mass is 10.2. The number of fused-ring (bicyclic) bond motifs is 1. The minimum absolute atomic E-state index is 0.356. The van der Waals surface area contributed by atoms with Crippen molar-refractivity contribution < 1.29 is 17.9 Å². The highest BCUT2D eigenvalue weighted by Gasteiger charge is 2.08. The number of methoxy groups -OCH3 is 1. The molecule has 0 saturated carbocycles. The van der Waals surface area contributed by atoms with Gasteiger partial charge in [-0.15, -0.1) is 4.83 Å². The summed E-state index contributed by atoms with van der Waals surface area (Å²) in [6.45, 7) is 0. The third-order valence-electron chi connectivity index (χ3n) is 3.40. The van der Waals surface area contributed by atoms with Gasteiger partial charge in [-0.2, -0.15) is 8.42 Å². The smallest absolute Gasteiger partial charge is 0.311 e. The van der Waals surface area contributed by atoms with Gasteiger partial charge in [-0.3, -0.25) is 15.5 Å². The van der Waals surface area contributed by atoms with Gasteiger partial charge in [0.1, 0.15) is 17.2 Å². The number of rotatable bonds is 6. The second kappa shape index (κ2) is 6.93. The number of hydrazine groups is 1. The summed E-state index contributed by atoms with van der Waals surface area (Å²) < 4.78 is 36.0. The van der Waals surface area contributed by atoms with Crippen LogP contribution < -0.4 is 24.9 Å². The van der Waals surface area contributed by atoms with Crippen LogP contribution in [0.3, 0.4) is 0 Å². The molecule has 3 rings (SSSR count). The first-order valence-corrected chi connectivity index (χ1v) is 8.70. The summed E-state index contributed by atoms with van der Waals surface area (Å²) in [6.07, 6.45) is 1.65. The molecule has 0 unspecified atom stereocenters. The second-order valence-corrected chi connectivity index (χ2v) is 6.49. The van der Waals surface area contributed by atoms with E-state index in [2.05, 4.69) is 9.71 Å². The largest absolute Gasteiger partial charge is 0.497 e. The fraction of sp³-hybridized carbons (Fsp3) is 0.0625. The molecular weight excluding hydrogens is 344 g/mol. The summed E-state index contributed by atoms with van der Waals surface area (Å²) in [5.41, 5.74) is 1.10. The summed E-state index contributed by atoms with van der Waals surface area (Å²) in [5.74, 6) is 6.81. The van der Waals surface area contributed by atoms with E-state index in [1.54, 1.807) is 48.5 Å². The van der Waals surface area contributed by atoms with Gasteiger partial charge >= 0.3 is 10.2 Å². The molecule has 0 amide bonds. The molecule has 0 saturated heterocycles. The molecule has 130 valence electrons. The van der Waals surface area contributed by atoms with Gasteiger partial charge < -0.3 is 9.47 Å². The number of aromatic nitrogens is 1. The maximum atomic E-state index is 11.3. The number of hydrogen-bond donors (Lipinski definition) is 3. The first-order valence-electron chi connectivity index (χ1n) is 7.21. The number of anilines is 1. The standard InChI is InChI=1S/C16H16N4O4S/c1-23-13-6-7-14-15(10-13)18-9-8-16(14)24-12-4-2-11(3-5-12)19-25(21,22)20-17/h2-10,19-20H,17H2,1H3.